The van der Waals surface area contributed by atoms with E-state index in [4.69, 9.17) is 22.4 Å². The maximum Gasteiger partial charge on any atom is 0.229 e. The van der Waals surface area contributed by atoms with Gasteiger partial charge in [0.1, 0.15) is 5.75 Å². The number of carbonyl (C=O) groups is 1. The van der Waals surface area contributed by atoms with E-state index < -0.39 is 5.91 Å². The Morgan fingerprint density at radius 3 is 2.79 bits per heavy atom. The van der Waals surface area contributed by atoms with E-state index in [0.29, 0.717) is 10.6 Å². The Bertz CT molecular complexity index is 398. The lowest BCUT2D eigenvalue weighted by Crippen LogP contribution is -2.08. The Hall–Kier alpha value is -1.66. The molecule has 3 nitrogen and oxygen atoms in total. The van der Waals surface area contributed by atoms with Crippen molar-refractivity contribution in [2.24, 2.45) is 5.73 Å². The summed E-state index contributed by atoms with van der Waals surface area (Å²) in [5, 5.41) is 9.56. The van der Waals surface area contributed by atoms with Gasteiger partial charge in [-0.3, -0.25) is 4.79 Å². The van der Waals surface area contributed by atoms with Crippen molar-refractivity contribution in [1.29, 1.82) is 0 Å². The molecule has 14 heavy (non-hydrogen) atoms. The van der Waals surface area contributed by atoms with Gasteiger partial charge in [0.05, 0.1) is 6.42 Å². The first kappa shape index (κ1) is 10.4. The number of aromatic hydroxyl groups is 1. The number of hydrogen-bond donors (Lipinski definition) is 2. The van der Waals surface area contributed by atoms with Crippen LogP contribution in [0.25, 0.3) is 0 Å². The third-order valence-electron chi connectivity index (χ3n) is 1.38. The highest BCUT2D eigenvalue weighted by Crippen LogP contribution is 2.18. The molecule has 0 aliphatic rings. The number of nitrogens with two attached hydrogens (primary N) is 1. The lowest BCUT2D eigenvalue weighted by molar-refractivity contribution is -0.117. The van der Waals surface area contributed by atoms with E-state index in [0.717, 1.165) is 0 Å². The maximum absolute atomic E-state index is 10.4. The fourth-order valence-electron chi connectivity index (χ4n) is 0.880. The number of rotatable bonds is 1. The second-order valence-corrected chi connectivity index (χ2v) is 3.08. The minimum Gasteiger partial charge on any atom is -0.508 e. The van der Waals surface area contributed by atoms with E-state index >= 15 is 0 Å². The summed E-state index contributed by atoms with van der Waals surface area (Å²) >= 11 is 5.67. The molecule has 3 N–H and O–H groups in total. The highest BCUT2D eigenvalue weighted by Gasteiger charge is 1.95. The molecular weight excluding hydrogens is 202 g/mol. The second-order valence-electron chi connectivity index (χ2n) is 2.64. The first-order valence-corrected chi connectivity index (χ1v) is 4.22. The molecule has 0 aromatic heterocycles. The number of amides is 1. The molecule has 1 aromatic carbocycles. The quantitative estimate of drug-likeness (QED) is 0.685. The summed E-state index contributed by atoms with van der Waals surface area (Å²) in [6.07, 6.45) is -0.00667. The van der Waals surface area contributed by atoms with Gasteiger partial charge in [-0.15, -0.1) is 0 Å². The smallest absolute Gasteiger partial charge is 0.229 e. The van der Waals surface area contributed by atoms with Crippen LogP contribution in [0.2, 0.25) is 5.02 Å². The van der Waals surface area contributed by atoms with E-state index in [-0.39, 0.29) is 12.2 Å². The van der Waals surface area contributed by atoms with E-state index in [1.165, 1.54) is 12.1 Å². The Labute approximate surface area is 86.5 Å². The van der Waals surface area contributed by atoms with Crippen molar-refractivity contribution in [1.82, 2.24) is 0 Å². The van der Waals surface area contributed by atoms with E-state index in [1.54, 1.807) is 6.07 Å². The summed E-state index contributed by atoms with van der Waals surface area (Å²) in [6.45, 7) is 0. The summed E-state index contributed by atoms with van der Waals surface area (Å²) < 4.78 is 0. The monoisotopic (exact) mass is 209 g/mol. The Kier molecular flexibility index (Phi) is 3.38. The maximum atomic E-state index is 10.4. The molecule has 1 amide bonds. The predicted octanol–water partition coefficient (Wildman–Crippen LogP) is 1.27. The highest BCUT2D eigenvalue weighted by atomic mass is 35.5. The minimum absolute atomic E-state index is 0.00667. The van der Waals surface area contributed by atoms with Gasteiger partial charge in [0.2, 0.25) is 5.91 Å². The van der Waals surface area contributed by atoms with Crippen molar-refractivity contribution < 1.29 is 9.90 Å². The number of halogens is 1. The SMILES string of the molecule is NC(=O)CC#Cc1cc(O)cc(Cl)c1. The fraction of sp³-hybridized carbons (Fsp3) is 0.100. The van der Waals surface area contributed by atoms with E-state index in [2.05, 4.69) is 11.8 Å². The molecule has 1 rings (SSSR count). The zero-order valence-electron chi connectivity index (χ0n) is 7.25. The zero-order valence-corrected chi connectivity index (χ0v) is 8.01. The second kappa shape index (κ2) is 4.54. The van der Waals surface area contributed by atoms with Crippen molar-refractivity contribution in [2.45, 2.75) is 6.42 Å². The Balaban J connectivity index is 2.84. The fourth-order valence-corrected chi connectivity index (χ4v) is 1.11. The van der Waals surface area contributed by atoms with Crippen LogP contribution in [0, 0.1) is 11.8 Å². The van der Waals surface area contributed by atoms with Crippen LogP contribution >= 0.6 is 11.6 Å². The third-order valence-corrected chi connectivity index (χ3v) is 1.60. The molecule has 0 aliphatic carbocycles. The number of hydrogen-bond acceptors (Lipinski definition) is 2. The average molecular weight is 210 g/mol. The molecule has 0 heterocycles. The summed E-state index contributed by atoms with van der Waals surface area (Å²) in [5.41, 5.74) is 5.45. The molecule has 0 spiro atoms. The Morgan fingerprint density at radius 2 is 2.21 bits per heavy atom. The van der Waals surface area contributed by atoms with Crippen LogP contribution in [-0.4, -0.2) is 11.0 Å². The molecule has 4 heteroatoms. The summed E-state index contributed by atoms with van der Waals surface area (Å²) in [5.74, 6) is 4.78. The molecule has 0 bridgehead atoms. The van der Waals surface area contributed by atoms with Crippen molar-refractivity contribution in [2.75, 3.05) is 0 Å². The minimum atomic E-state index is -0.483. The number of primary amides is 1. The van der Waals surface area contributed by atoms with Crippen LogP contribution < -0.4 is 5.73 Å². The molecule has 0 saturated carbocycles. The third kappa shape index (κ3) is 3.38. The molecular formula is C10H8ClNO2. The largest absolute Gasteiger partial charge is 0.508 e. The van der Waals surface area contributed by atoms with Gasteiger partial charge in [-0.2, -0.15) is 0 Å². The average Bonchev–Trinajstić information content (AvgIpc) is 2.01. The van der Waals surface area contributed by atoms with Crippen LogP contribution in [0.1, 0.15) is 12.0 Å². The molecule has 0 atom stereocenters. The number of phenolic OH excluding ortho intramolecular Hbond substituents is 1. The van der Waals surface area contributed by atoms with Gasteiger partial charge in [-0.1, -0.05) is 23.4 Å². The highest BCUT2D eigenvalue weighted by molar-refractivity contribution is 6.30. The van der Waals surface area contributed by atoms with Gasteiger partial charge in [0.15, 0.2) is 0 Å². The number of carbonyl (C=O) groups excluding carboxylic acids is 1. The molecule has 0 radical (unpaired) electrons. The lowest BCUT2D eigenvalue weighted by Gasteiger charge is -1.94. The Morgan fingerprint density at radius 1 is 1.50 bits per heavy atom. The van der Waals surface area contributed by atoms with Crippen LogP contribution in [0.15, 0.2) is 18.2 Å². The molecule has 0 fully saturated rings. The van der Waals surface area contributed by atoms with Crippen LogP contribution in [0.4, 0.5) is 0 Å². The first-order chi connectivity index (χ1) is 6.58. The van der Waals surface area contributed by atoms with Crippen molar-refractivity contribution in [3.8, 4) is 17.6 Å². The van der Waals surface area contributed by atoms with E-state index in [9.17, 15) is 4.79 Å². The molecule has 0 aliphatic heterocycles. The predicted molar refractivity (Wildman–Crippen MR) is 53.8 cm³/mol. The van der Waals surface area contributed by atoms with Crippen LogP contribution in [-0.2, 0) is 4.79 Å². The van der Waals surface area contributed by atoms with Crippen LogP contribution in [0.5, 0.6) is 5.75 Å². The van der Waals surface area contributed by atoms with Crippen molar-refractivity contribution in [3.63, 3.8) is 0 Å². The van der Waals surface area contributed by atoms with Gasteiger partial charge < -0.3 is 10.8 Å². The molecule has 1 aromatic rings. The number of phenols is 1. The standard InChI is InChI=1S/C10H8ClNO2/c11-8-4-7(5-9(13)6-8)2-1-3-10(12)14/h4-6,13H,3H2,(H2,12,14). The molecule has 0 unspecified atom stereocenters. The van der Waals surface area contributed by atoms with Gasteiger partial charge in [0, 0.05) is 10.6 Å². The van der Waals surface area contributed by atoms with Crippen molar-refractivity contribution >= 4 is 17.5 Å². The van der Waals surface area contributed by atoms with Gasteiger partial charge in [-0.05, 0) is 18.2 Å². The normalized spacial score (nSPS) is 8.93. The first-order valence-electron chi connectivity index (χ1n) is 3.84. The summed E-state index contributed by atoms with van der Waals surface area (Å²) in [7, 11) is 0. The van der Waals surface area contributed by atoms with Gasteiger partial charge in [-0.25, -0.2) is 0 Å². The summed E-state index contributed by atoms with van der Waals surface area (Å²) in [6, 6.07) is 4.45. The molecule has 0 saturated heterocycles. The van der Waals surface area contributed by atoms with Gasteiger partial charge >= 0.3 is 0 Å². The topological polar surface area (TPSA) is 63.3 Å². The van der Waals surface area contributed by atoms with Crippen LogP contribution in [0.3, 0.4) is 0 Å². The number of benzene rings is 1. The van der Waals surface area contributed by atoms with Gasteiger partial charge in [0.25, 0.3) is 0 Å². The van der Waals surface area contributed by atoms with E-state index in [1.807, 2.05) is 0 Å². The zero-order chi connectivity index (χ0) is 10.6. The van der Waals surface area contributed by atoms with Crippen molar-refractivity contribution in [3.05, 3.63) is 28.8 Å². The molecule has 72 valence electrons. The lowest BCUT2D eigenvalue weighted by atomic mass is 10.2. The summed E-state index contributed by atoms with van der Waals surface area (Å²) in [4.78, 5) is 10.4.